The quantitative estimate of drug-likeness (QED) is 0.0469. The van der Waals surface area contributed by atoms with Crippen LogP contribution in [0.25, 0.3) is 0 Å². The van der Waals surface area contributed by atoms with Gasteiger partial charge in [0.1, 0.15) is 5.78 Å². The van der Waals surface area contributed by atoms with E-state index in [-0.39, 0.29) is 24.5 Å². The van der Waals surface area contributed by atoms with Crippen LogP contribution < -0.4 is 0 Å². The first-order valence-corrected chi connectivity index (χ1v) is 26.9. The number of Topliss-reactive ketones (excluding diaryl/α,β-unsaturated/α-hetero) is 1. The van der Waals surface area contributed by atoms with Gasteiger partial charge >= 0.3 is 5.97 Å². The minimum absolute atomic E-state index is 0.0364. The molecule has 0 rings (SSSR count). The van der Waals surface area contributed by atoms with E-state index in [0.29, 0.717) is 31.9 Å². The van der Waals surface area contributed by atoms with Gasteiger partial charge in [-0.1, -0.05) is 208 Å². The standard InChI is InChI=1S/C38H75NO5.C16H34/c1-5-8-11-15-25-35(23-9-6-2)36(24-10-7-3)28-32-44-38(43)27-16-12-13-19-29-39(30-20-14-21-31-40)33-37(42)26-18-17-22-34(4)41;1-4-7-9-10-12-15-16(13-6-3)14-11-8-5-2/h35-37,40,42H,5-33H2,1-4H3;16H,4-15H2,1-3H3. The fourth-order valence-electron chi connectivity index (χ4n) is 8.97. The molecule has 0 aromatic heterocycles. The number of carbonyl (C=O) groups is 2. The average Bonchev–Trinajstić information content (AvgIpc) is 3.23. The highest BCUT2D eigenvalue weighted by Crippen LogP contribution is 2.31. The van der Waals surface area contributed by atoms with Crippen molar-refractivity contribution in [1.29, 1.82) is 0 Å². The van der Waals surface area contributed by atoms with Gasteiger partial charge in [0.15, 0.2) is 0 Å². The lowest BCUT2D eigenvalue weighted by Gasteiger charge is -2.27. The Morgan fingerprint density at radius 3 is 1.50 bits per heavy atom. The van der Waals surface area contributed by atoms with Crippen LogP contribution >= 0.6 is 0 Å². The third-order valence-corrected chi connectivity index (χ3v) is 12.9. The van der Waals surface area contributed by atoms with E-state index in [9.17, 15) is 14.7 Å². The summed E-state index contributed by atoms with van der Waals surface area (Å²) in [6.07, 6.45) is 42.8. The molecule has 360 valence electrons. The summed E-state index contributed by atoms with van der Waals surface area (Å²) in [6.45, 7) is 18.8. The molecule has 0 aromatic rings. The molecule has 4 atom stereocenters. The Labute approximate surface area is 376 Å². The topological polar surface area (TPSA) is 87.1 Å². The van der Waals surface area contributed by atoms with E-state index in [4.69, 9.17) is 9.84 Å². The maximum absolute atomic E-state index is 12.5. The molecule has 0 aliphatic carbocycles. The van der Waals surface area contributed by atoms with Crippen molar-refractivity contribution in [2.75, 3.05) is 32.8 Å². The van der Waals surface area contributed by atoms with E-state index in [1.807, 2.05) is 0 Å². The number of aliphatic hydroxyl groups excluding tert-OH is 2. The summed E-state index contributed by atoms with van der Waals surface area (Å²) in [4.78, 5) is 26.0. The molecule has 4 unspecified atom stereocenters. The maximum Gasteiger partial charge on any atom is 0.305 e. The number of carbonyl (C=O) groups excluding carboxylic acids is 2. The Morgan fingerprint density at radius 1 is 0.467 bits per heavy atom. The van der Waals surface area contributed by atoms with Crippen LogP contribution in [0, 0.1) is 17.8 Å². The lowest BCUT2D eigenvalue weighted by molar-refractivity contribution is -0.144. The van der Waals surface area contributed by atoms with E-state index < -0.39 is 0 Å². The third kappa shape index (κ3) is 43.7. The summed E-state index contributed by atoms with van der Waals surface area (Å²) < 4.78 is 5.74. The van der Waals surface area contributed by atoms with Gasteiger partial charge in [0.2, 0.25) is 0 Å². The van der Waals surface area contributed by atoms with Gasteiger partial charge in [-0.05, 0) is 89.1 Å². The molecule has 0 bridgehead atoms. The fraction of sp³-hybridized carbons (Fsp3) is 0.963. The maximum atomic E-state index is 12.5. The molecule has 0 saturated heterocycles. The van der Waals surface area contributed by atoms with Gasteiger partial charge in [-0.2, -0.15) is 0 Å². The molecule has 0 amide bonds. The van der Waals surface area contributed by atoms with Crippen LogP contribution in [0.5, 0.6) is 0 Å². The number of hydrogen-bond acceptors (Lipinski definition) is 6. The lowest BCUT2D eigenvalue weighted by atomic mass is 9.79. The zero-order valence-electron chi connectivity index (χ0n) is 41.9. The summed E-state index contributed by atoms with van der Waals surface area (Å²) in [5.41, 5.74) is 0. The number of aliphatic hydroxyl groups is 2. The highest BCUT2D eigenvalue weighted by atomic mass is 16.5. The normalized spacial score (nSPS) is 13.5. The fourth-order valence-corrected chi connectivity index (χ4v) is 8.97. The number of ether oxygens (including phenoxy) is 1. The number of nitrogens with zero attached hydrogens (tertiary/aromatic N) is 1. The van der Waals surface area contributed by atoms with Crippen LogP contribution in [0.2, 0.25) is 0 Å². The Bertz CT molecular complexity index is 867. The zero-order valence-corrected chi connectivity index (χ0v) is 41.9. The highest BCUT2D eigenvalue weighted by Gasteiger charge is 2.21. The van der Waals surface area contributed by atoms with Crippen molar-refractivity contribution in [3.8, 4) is 0 Å². The minimum Gasteiger partial charge on any atom is -0.466 e. The van der Waals surface area contributed by atoms with E-state index in [2.05, 4.69) is 46.4 Å². The molecule has 0 aliphatic heterocycles. The zero-order chi connectivity index (χ0) is 44.7. The first-order valence-electron chi connectivity index (χ1n) is 26.9. The van der Waals surface area contributed by atoms with Crippen molar-refractivity contribution in [3.05, 3.63) is 0 Å². The van der Waals surface area contributed by atoms with E-state index in [1.165, 1.54) is 148 Å². The van der Waals surface area contributed by atoms with Crippen LogP contribution in [0.1, 0.15) is 280 Å². The van der Waals surface area contributed by atoms with Gasteiger partial charge in [-0.25, -0.2) is 0 Å². The van der Waals surface area contributed by atoms with E-state index in [1.54, 1.807) is 6.92 Å². The molecule has 6 heteroatoms. The summed E-state index contributed by atoms with van der Waals surface area (Å²) in [7, 11) is 0. The van der Waals surface area contributed by atoms with Crippen molar-refractivity contribution in [2.24, 2.45) is 17.8 Å². The van der Waals surface area contributed by atoms with E-state index in [0.717, 1.165) is 95.6 Å². The van der Waals surface area contributed by atoms with Crippen LogP contribution in [0.3, 0.4) is 0 Å². The molecule has 0 heterocycles. The number of esters is 1. The molecular formula is C54H109NO5. The molecule has 6 nitrogen and oxygen atoms in total. The molecule has 0 aromatic carbocycles. The first-order chi connectivity index (χ1) is 29.2. The Morgan fingerprint density at radius 2 is 0.917 bits per heavy atom. The van der Waals surface area contributed by atoms with Crippen molar-refractivity contribution >= 4 is 11.8 Å². The van der Waals surface area contributed by atoms with Crippen molar-refractivity contribution in [2.45, 2.75) is 286 Å². The second kappa shape index (κ2) is 49.0. The Kier molecular flexibility index (Phi) is 49.9. The second-order valence-corrected chi connectivity index (χ2v) is 18.9. The molecule has 0 fully saturated rings. The summed E-state index contributed by atoms with van der Waals surface area (Å²) in [5, 5.41) is 19.6. The van der Waals surface area contributed by atoms with Gasteiger partial charge in [0.05, 0.1) is 12.7 Å². The van der Waals surface area contributed by atoms with Gasteiger partial charge in [0, 0.05) is 26.0 Å². The minimum atomic E-state index is -0.362. The van der Waals surface area contributed by atoms with Crippen LogP contribution in [0.15, 0.2) is 0 Å². The molecule has 0 spiro atoms. The highest BCUT2D eigenvalue weighted by molar-refractivity contribution is 5.75. The second-order valence-electron chi connectivity index (χ2n) is 18.9. The van der Waals surface area contributed by atoms with Crippen molar-refractivity contribution in [1.82, 2.24) is 4.90 Å². The van der Waals surface area contributed by atoms with Gasteiger partial charge in [-0.3, -0.25) is 4.79 Å². The molecule has 0 saturated carbocycles. The number of unbranched alkanes of at least 4 members (excludes halogenated alkanes) is 17. The average molecular weight is 852 g/mol. The summed E-state index contributed by atoms with van der Waals surface area (Å²) >= 11 is 0. The predicted octanol–water partition coefficient (Wildman–Crippen LogP) is 15.8. The number of rotatable bonds is 46. The number of ketones is 1. The molecule has 60 heavy (non-hydrogen) atoms. The molecule has 2 N–H and O–H groups in total. The van der Waals surface area contributed by atoms with Crippen LogP contribution in [0.4, 0.5) is 0 Å². The molecule has 0 aliphatic rings. The first kappa shape index (κ1) is 61.1. The van der Waals surface area contributed by atoms with Gasteiger partial charge in [0.25, 0.3) is 0 Å². The summed E-state index contributed by atoms with van der Waals surface area (Å²) in [6, 6.07) is 0. The molecular weight excluding hydrogens is 743 g/mol. The number of hydrogen-bond donors (Lipinski definition) is 2. The largest absolute Gasteiger partial charge is 0.466 e. The smallest absolute Gasteiger partial charge is 0.305 e. The van der Waals surface area contributed by atoms with Crippen LogP contribution in [-0.2, 0) is 14.3 Å². The molecule has 0 radical (unpaired) electrons. The van der Waals surface area contributed by atoms with Crippen LogP contribution in [-0.4, -0.2) is 65.8 Å². The van der Waals surface area contributed by atoms with Crippen molar-refractivity contribution < 1.29 is 24.5 Å². The Hall–Kier alpha value is -0.980. The van der Waals surface area contributed by atoms with Gasteiger partial charge < -0.3 is 24.6 Å². The predicted molar refractivity (Wildman–Crippen MR) is 262 cm³/mol. The van der Waals surface area contributed by atoms with Gasteiger partial charge in [-0.15, -0.1) is 0 Å². The monoisotopic (exact) mass is 852 g/mol. The van der Waals surface area contributed by atoms with Crippen molar-refractivity contribution in [3.63, 3.8) is 0 Å². The lowest BCUT2D eigenvalue weighted by Crippen LogP contribution is -2.34. The Balaban J connectivity index is 0. The SMILES string of the molecule is CCCCCCC(CCCC)C(CCCC)CCOC(=O)CCCCCCN(CCCCCO)CC(O)CCCCC(C)=O.CCCCCCCC(CCC)CCCCC. The third-order valence-electron chi connectivity index (χ3n) is 12.9. The summed E-state index contributed by atoms with van der Waals surface area (Å²) in [5.74, 6) is 2.68. The van der Waals surface area contributed by atoms with E-state index >= 15 is 0 Å².